The van der Waals surface area contributed by atoms with Gasteiger partial charge in [-0.05, 0) is 60.7 Å². The van der Waals surface area contributed by atoms with E-state index in [9.17, 15) is 4.79 Å². The Hall–Kier alpha value is -3.33. The number of ether oxygens (including phenoxy) is 1. The lowest BCUT2D eigenvalue weighted by molar-refractivity contribution is 0.110. The van der Waals surface area contributed by atoms with Gasteiger partial charge in [-0.1, -0.05) is 57.2 Å². The highest BCUT2D eigenvalue weighted by Crippen LogP contribution is 2.43. The minimum atomic E-state index is -0.450. The van der Waals surface area contributed by atoms with Gasteiger partial charge in [0.25, 0.3) is 0 Å². The molecule has 3 aromatic carbocycles. The first-order valence-electron chi connectivity index (χ1n) is 11.2. The zero-order valence-corrected chi connectivity index (χ0v) is 19.4. The van der Waals surface area contributed by atoms with E-state index in [1.165, 1.54) is 22.0 Å². The van der Waals surface area contributed by atoms with Crippen LogP contribution in [0.1, 0.15) is 61.7 Å². The summed E-state index contributed by atoms with van der Waals surface area (Å²) in [7, 11) is 0. The van der Waals surface area contributed by atoms with Gasteiger partial charge in [-0.2, -0.15) is 0 Å². The van der Waals surface area contributed by atoms with Crippen LogP contribution in [0.2, 0.25) is 0 Å². The first kappa shape index (κ1) is 20.6. The van der Waals surface area contributed by atoms with Crippen LogP contribution < -0.4 is 4.74 Å². The summed E-state index contributed by atoms with van der Waals surface area (Å²) >= 11 is 0. The molecule has 0 bridgehead atoms. The molecular formula is C29H29NO2. The van der Waals surface area contributed by atoms with Crippen LogP contribution in [0, 0.1) is 0 Å². The SMILES string of the molecule is CC1(C)C=Cc2c(c(C=O)cc3c4cc(C(C)(C)C)ccc4n(Cc4ccccc4)c23)O1. The van der Waals surface area contributed by atoms with Gasteiger partial charge in [0.05, 0.1) is 11.1 Å². The van der Waals surface area contributed by atoms with Crippen molar-refractivity contribution in [3.8, 4) is 5.75 Å². The summed E-state index contributed by atoms with van der Waals surface area (Å²) in [4.78, 5) is 12.1. The number of carbonyl (C=O) groups excluding carboxylic acids is 1. The van der Waals surface area contributed by atoms with Crippen LogP contribution in [0.4, 0.5) is 0 Å². The van der Waals surface area contributed by atoms with Crippen molar-refractivity contribution in [2.45, 2.75) is 52.2 Å². The number of rotatable bonds is 3. The summed E-state index contributed by atoms with van der Waals surface area (Å²) in [6.07, 6.45) is 5.12. The zero-order chi connectivity index (χ0) is 22.7. The van der Waals surface area contributed by atoms with E-state index in [2.05, 4.69) is 80.0 Å². The Kier molecular flexibility index (Phi) is 4.56. The predicted octanol–water partition coefficient (Wildman–Crippen LogP) is 7.14. The molecule has 2 heterocycles. The Labute approximate surface area is 189 Å². The first-order chi connectivity index (χ1) is 15.2. The normalized spacial score (nSPS) is 15.0. The number of aldehydes is 1. The Morgan fingerprint density at radius 2 is 1.75 bits per heavy atom. The maximum absolute atomic E-state index is 12.1. The molecule has 3 heteroatoms. The van der Waals surface area contributed by atoms with Gasteiger partial charge in [-0.15, -0.1) is 0 Å². The topological polar surface area (TPSA) is 31.2 Å². The van der Waals surface area contributed by atoms with Crippen LogP contribution in [0.25, 0.3) is 27.9 Å². The minimum Gasteiger partial charge on any atom is -0.482 e. The number of hydrogen-bond acceptors (Lipinski definition) is 2. The molecule has 32 heavy (non-hydrogen) atoms. The summed E-state index contributed by atoms with van der Waals surface area (Å²) < 4.78 is 8.66. The van der Waals surface area contributed by atoms with E-state index in [0.717, 1.165) is 29.3 Å². The minimum absolute atomic E-state index is 0.0385. The average Bonchev–Trinajstić information content (AvgIpc) is 3.05. The van der Waals surface area contributed by atoms with Crippen molar-refractivity contribution < 1.29 is 9.53 Å². The Bertz CT molecular complexity index is 1380. The molecule has 1 aromatic heterocycles. The summed E-state index contributed by atoms with van der Waals surface area (Å²) in [6, 6.07) is 19.3. The van der Waals surface area contributed by atoms with Crippen molar-refractivity contribution in [1.82, 2.24) is 4.57 Å². The maximum Gasteiger partial charge on any atom is 0.153 e. The summed E-state index contributed by atoms with van der Waals surface area (Å²) in [5.41, 5.74) is 5.97. The summed E-state index contributed by atoms with van der Waals surface area (Å²) in [5, 5.41) is 2.27. The molecule has 1 aliphatic heterocycles. The zero-order valence-electron chi connectivity index (χ0n) is 19.4. The molecule has 0 amide bonds. The number of nitrogens with zero attached hydrogens (tertiary/aromatic N) is 1. The number of aromatic nitrogens is 1. The second-order valence-corrected chi connectivity index (χ2v) is 10.3. The number of hydrogen-bond donors (Lipinski definition) is 0. The lowest BCUT2D eigenvalue weighted by Gasteiger charge is -2.29. The van der Waals surface area contributed by atoms with Crippen molar-refractivity contribution >= 4 is 34.2 Å². The van der Waals surface area contributed by atoms with E-state index < -0.39 is 5.60 Å². The number of fused-ring (bicyclic) bond motifs is 5. The molecule has 3 nitrogen and oxygen atoms in total. The van der Waals surface area contributed by atoms with E-state index in [0.29, 0.717) is 11.3 Å². The third-order valence-corrected chi connectivity index (χ3v) is 6.36. The fourth-order valence-corrected chi connectivity index (χ4v) is 4.64. The molecular weight excluding hydrogens is 394 g/mol. The maximum atomic E-state index is 12.1. The van der Waals surface area contributed by atoms with E-state index in [4.69, 9.17) is 4.74 Å². The van der Waals surface area contributed by atoms with Gasteiger partial charge < -0.3 is 9.30 Å². The number of benzene rings is 3. The highest BCUT2D eigenvalue weighted by atomic mass is 16.5. The van der Waals surface area contributed by atoms with Crippen molar-refractivity contribution in [3.05, 3.63) is 82.9 Å². The molecule has 4 aromatic rings. The molecule has 0 radical (unpaired) electrons. The van der Waals surface area contributed by atoms with Gasteiger partial charge in [0, 0.05) is 28.4 Å². The van der Waals surface area contributed by atoms with Crippen molar-refractivity contribution in [2.24, 2.45) is 0 Å². The summed E-state index contributed by atoms with van der Waals surface area (Å²) in [6.45, 7) is 11.5. The van der Waals surface area contributed by atoms with Crippen LogP contribution in [0.5, 0.6) is 5.75 Å². The molecule has 0 N–H and O–H groups in total. The second-order valence-electron chi connectivity index (χ2n) is 10.3. The second kappa shape index (κ2) is 7.09. The van der Waals surface area contributed by atoms with Gasteiger partial charge in [0.2, 0.25) is 0 Å². The molecule has 0 spiro atoms. The Balaban J connectivity index is 1.89. The lowest BCUT2D eigenvalue weighted by Crippen LogP contribution is -2.28. The summed E-state index contributed by atoms with van der Waals surface area (Å²) in [5.74, 6) is 0.674. The van der Waals surface area contributed by atoms with Crippen LogP contribution in [-0.4, -0.2) is 16.5 Å². The van der Waals surface area contributed by atoms with E-state index in [1.807, 2.05) is 26.0 Å². The van der Waals surface area contributed by atoms with Crippen LogP contribution in [-0.2, 0) is 12.0 Å². The van der Waals surface area contributed by atoms with Gasteiger partial charge in [0.15, 0.2) is 6.29 Å². The van der Waals surface area contributed by atoms with Crippen LogP contribution in [0.15, 0.2) is 60.7 Å². The van der Waals surface area contributed by atoms with Gasteiger partial charge in [-0.25, -0.2) is 0 Å². The monoisotopic (exact) mass is 423 g/mol. The highest BCUT2D eigenvalue weighted by Gasteiger charge is 2.28. The van der Waals surface area contributed by atoms with Crippen molar-refractivity contribution in [3.63, 3.8) is 0 Å². The predicted molar refractivity (Wildman–Crippen MR) is 133 cm³/mol. The fraction of sp³-hybridized carbons (Fsp3) is 0.276. The third-order valence-electron chi connectivity index (χ3n) is 6.36. The molecule has 0 fully saturated rings. The third kappa shape index (κ3) is 3.33. The highest BCUT2D eigenvalue weighted by molar-refractivity contribution is 6.13. The average molecular weight is 424 g/mol. The van der Waals surface area contributed by atoms with Crippen molar-refractivity contribution in [2.75, 3.05) is 0 Å². The van der Waals surface area contributed by atoms with Gasteiger partial charge in [-0.3, -0.25) is 4.79 Å². The van der Waals surface area contributed by atoms with Crippen molar-refractivity contribution in [1.29, 1.82) is 0 Å². The number of carbonyl (C=O) groups is 1. The first-order valence-corrected chi connectivity index (χ1v) is 11.2. The van der Waals surface area contributed by atoms with Gasteiger partial charge in [0.1, 0.15) is 11.4 Å². The molecule has 5 rings (SSSR count). The lowest BCUT2D eigenvalue weighted by atomic mass is 9.86. The molecule has 0 saturated heterocycles. The Morgan fingerprint density at radius 1 is 1.00 bits per heavy atom. The quantitative estimate of drug-likeness (QED) is 0.328. The van der Waals surface area contributed by atoms with E-state index in [-0.39, 0.29) is 5.41 Å². The van der Waals surface area contributed by atoms with Gasteiger partial charge >= 0.3 is 0 Å². The molecule has 0 aliphatic carbocycles. The van der Waals surface area contributed by atoms with Crippen LogP contribution >= 0.6 is 0 Å². The Morgan fingerprint density at radius 3 is 2.44 bits per heavy atom. The van der Waals surface area contributed by atoms with Crippen LogP contribution in [0.3, 0.4) is 0 Å². The molecule has 0 atom stereocenters. The fourth-order valence-electron chi connectivity index (χ4n) is 4.64. The van der Waals surface area contributed by atoms with E-state index in [1.54, 1.807) is 0 Å². The molecule has 1 aliphatic rings. The van der Waals surface area contributed by atoms with E-state index >= 15 is 0 Å². The molecule has 162 valence electrons. The standard InChI is InChI=1S/C29H29NO2/c1-28(2,3)21-11-12-25-23(16-21)24-15-20(18-31)27-22(13-14-29(4,5)32-27)26(24)30(25)17-19-9-7-6-8-10-19/h6-16,18H,17H2,1-5H3. The smallest absolute Gasteiger partial charge is 0.153 e. The molecule has 0 saturated carbocycles. The molecule has 0 unspecified atom stereocenters. The largest absolute Gasteiger partial charge is 0.482 e.